The van der Waals surface area contributed by atoms with E-state index in [0.29, 0.717) is 24.5 Å². The molecule has 0 aromatic heterocycles. The van der Waals surface area contributed by atoms with Gasteiger partial charge in [-0.25, -0.2) is 0 Å². The van der Waals surface area contributed by atoms with Crippen LogP contribution in [0.25, 0.3) is 0 Å². The van der Waals surface area contributed by atoms with Crippen molar-refractivity contribution < 1.29 is 14.3 Å². The van der Waals surface area contributed by atoms with Crippen molar-refractivity contribution in [2.75, 3.05) is 25.6 Å². The molecule has 1 aromatic rings. The number of methoxy groups -OCH3 is 1. The number of nitrogens with one attached hydrogen (secondary N) is 1. The van der Waals surface area contributed by atoms with Crippen molar-refractivity contribution in [2.45, 2.75) is 31.8 Å². The number of hydrogen-bond acceptors (Lipinski definition) is 4. The molecule has 2 rings (SSSR count). The van der Waals surface area contributed by atoms with Gasteiger partial charge in [0.25, 0.3) is 0 Å². The lowest BCUT2D eigenvalue weighted by molar-refractivity contribution is 0.0182. The topological polar surface area (TPSA) is 73.6 Å². The number of primary amides is 1. The van der Waals surface area contributed by atoms with E-state index in [4.69, 9.17) is 21.6 Å². The Labute approximate surface area is 131 Å². The summed E-state index contributed by atoms with van der Waals surface area (Å²) >= 11 is 0. The summed E-state index contributed by atoms with van der Waals surface area (Å²) < 4.78 is 11.2. The van der Waals surface area contributed by atoms with E-state index >= 15 is 0 Å². The molecule has 5 heteroatoms. The minimum Gasteiger partial charge on any atom is -0.494 e. The first kappa shape index (κ1) is 16.2. The number of rotatable bonds is 5. The summed E-state index contributed by atoms with van der Waals surface area (Å²) in [6.45, 7) is 3.08. The zero-order valence-electron chi connectivity index (χ0n) is 13.0. The van der Waals surface area contributed by atoms with Crippen molar-refractivity contribution in [3.8, 4) is 18.1 Å². The Morgan fingerprint density at radius 3 is 2.95 bits per heavy atom. The second-order valence-corrected chi connectivity index (χ2v) is 5.43. The van der Waals surface area contributed by atoms with Crippen LogP contribution < -0.4 is 15.8 Å². The minimum atomic E-state index is -0.448. The Kier molecular flexibility index (Phi) is 5.29. The van der Waals surface area contributed by atoms with Crippen LogP contribution in [0.3, 0.4) is 0 Å². The number of benzene rings is 1. The number of hydrogen-bond donors (Lipinski definition) is 2. The van der Waals surface area contributed by atoms with Crippen LogP contribution in [0.5, 0.6) is 5.75 Å². The summed E-state index contributed by atoms with van der Waals surface area (Å²) in [5, 5.41) is 3.13. The summed E-state index contributed by atoms with van der Waals surface area (Å²) in [7, 11) is 1.59. The average Bonchev–Trinajstić information content (AvgIpc) is 2.51. The molecule has 1 saturated heterocycles. The quantitative estimate of drug-likeness (QED) is 0.817. The van der Waals surface area contributed by atoms with Crippen LogP contribution >= 0.6 is 0 Å². The molecule has 5 nitrogen and oxygen atoms in total. The van der Waals surface area contributed by atoms with E-state index in [9.17, 15) is 4.79 Å². The van der Waals surface area contributed by atoms with Crippen molar-refractivity contribution in [3.05, 3.63) is 23.3 Å². The highest BCUT2D eigenvalue weighted by Crippen LogP contribution is 2.41. The van der Waals surface area contributed by atoms with Crippen molar-refractivity contribution in [2.24, 2.45) is 5.73 Å². The Morgan fingerprint density at radius 2 is 2.36 bits per heavy atom. The maximum absolute atomic E-state index is 11.8. The third kappa shape index (κ3) is 3.34. The second kappa shape index (κ2) is 7.19. The average molecular weight is 302 g/mol. The standard InChI is InChI=1S/C17H22N2O3/c1-4-8-19-14-6-5-13(17(18)20)15(16(14)21-3)12-7-9-22-11(2)10-12/h1,5-6,11-12,19H,7-10H2,2-3H3,(H2,18,20). The van der Waals surface area contributed by atoms with Gasteiger partial charge in [0, 0.05) is 17.7 Å². The molecule has 1 heterocycles. The van der Waals surface area contributed by atoms with Crippen LogP contribution in [0.1, 0.15) is 41.6 Å². The summed E-state index contributed by atoms with van der Waals surface area (Å²) in [5.74, 6) is 2.90. The van der Waals surface area contributed by atoms with Gasteiger partial charge in [-0.3, -0.25) is 4.79 Å². The SMILES string of the molecule is C#CCNc1ccc(C(N)=O)c(C2CCOC(C)C2)c1OC. The Morgan fingerprint density at radius 1 is 1.59 bits per heavy atom. The first-order chi connectivity index (χ1) is 10.6. The van der Waals surface area contributed by atoms with E-state index in [1.54, 1.807) is 19.2 Å². The van der Waals surface area contributed by atoms with Crippen LogP contribution in [0, 0.1) is 12.3 Å². The molecule has 1 aliphatic heterocycles. The van der Waals surface area contributed by atoms with E-state index in [0.717, 1.165) is 24.1 Å². The maximum atomic E-state index is 11.8. The molecule has 1 aliphatic rings. The zero-order chi connectivity index (χ0) is 16.1. The predicted octanol–water partition coefficient (Wildman–Crippen LogP) is 2.12. The first-order valence-electron chi connectivity index (χ1n) is 7.38. The van der Waals surface area contributed by atoms with Gasteiger partial charge in [-0.2, -0.15) is 0 Å². The summed E-state index contributed by atoms with van der Waals surface area (Å²) in [6, 6.07) is 3.52. The van der Waals surface area contributed by atoms with Gasteiger partial charge in [0.2, 0.25) is 5.91 Å². The van der Waals surface area contributed by atoms with Crippen LogP contribution in [-0.4, -0.2) is 32.3 Å². The molecule has 0 bridgehead atoms. The van der Waals surface area contributed by atoms with Gasteiger partial charge in [-0.1, -0.05) is 5.92 Å². The molecule has 0 spiro atoms. The van der Waals surface area contributed by atoms with Gasteiger partial charge < -0.3 is 20.5 Å². The van der Waals surface area contributed by atoms with Crippen molar-refractivity contribution >= 4 is 11.6 Å². The second-order valence-electron chi connectivity index (χ2n) is 5.43. The first-order valence-corrected chi connectivity index (χ1v) is 7.38. The zero-order valence-corrected chi connectivity index (χ0v) is 13.0. The summed E-state index contributed by atoms with van der Waals surface area (Å²) in [4.78, 5) is 11.8. The summed E-state index contributed by atoms with van der Waals surface area (Å²) in [5.41, 5.74) is 7.68. The van der Waals surface area contributed by atoms with E-state index in [1.165, 1.54) is 0 Å². The number of ether oxygens (including phenoxy) is 2. The number of nitrogens with two attached hydrogens (primary N) is 1. The van der Waals surface area contributed by atoms with E-state index in [1.807, 2.05) is 6.92 Å². The maximum Gasteiger partial charge on any atom is 0.249 e. The molecule has 0 aliphatic carbocycles. The Bertz CT molecular complexity index is 592. The molecule has 22 heavy (non-hydrogen) atoms. The predicted molar refractivity (Wildman–Crippen MR) is 86.2 cm³/mol. The molecule has 1 fully saturated rings. The highest BCUT2D eigenvalue weighted by molar-refractivity contribution is 5.96. The van der Waals surface area contributed by atoms with Crippen molar-refractivity contribution in [1.29, 1.82) is 0 Å². The van der Waals surface area contributed by atoms with Gasteiger partial charge in [0.05, 0.1) is 25.4 Å². The van der Waals surface area contributed by atoms with Gasteiger partial charge in [-0.05, 0) is 37.8 Å². The van der Waals surface area contributed by atoms with Crippen LogP contribution in [-0.2, 0) is 4.74 Å². The molecule has 1 aromatic carbocycles. The fourth-order valence-electron chi connectivity index (χ4n) is 2.99. The lowest BCUT2D eigenvalue weighted by Gasteiger charge is -2.30. The van der Waals surface area contributed by atoms with Crippen LogP contribution in [0.2, 0.25) is 0 Å². The fraction of sp³-hybridized carbons (Fsp3) is 0.471. The molecule has 2 atom stereocenters. The number of anilines is 1. The van der Waals surface area contributed by atoms with Gasteiger partial charge >= 0.3 is 0 Å². The molecule has 0 saturated carbocycles. The van der Waals surface area contributed by atoms with Crippen LogP contribution in [0.4, 0.5) is 5.69 Å². The third-order valence-corrected chi connectivity index (χ3v) is 3.94. The lowest BCUT2D eigenvalue weighted by Crippen LogP contribution is -2.25. The third-order valence-electron chi connectivity index (χ3n) is 3.94. The number of terminal acetylenes is 1. The van der Waals surface area contributed by atoms with E-state index < -0.39 is 5.91 Å². The van der Waals surface area contributed by atoms with Crippen molar-refractivity contribution in [3.63, 3.8) is 0 Å². The Balaban J connectivity index is 2.50. The molecule has 3 N–H and O–H groups in total. The Hall–Kier alpha value is -2.19. The number of amides is 1. The molecular formula is C17H22N2O3. The lowest BCUT2D eigenvalue weighted by atomic mass is 9.84. The molecule has 118 valence electrons. The van der Waals surface area contributed by atoms with Gasteiger partial charge in [0.1, 0.15) is 5.75 Å². The molecular weight excluding hydrogens is 280 g/mol. The molecule has 2 unspecified atom stereocenters. The van der Waals surface area contributed by atoms with E-state index in [-0.39, 0.29) is 12.0 Å². The fourth-order valence-corrected chi connectivity index (χ4v) is 2.99. The van der Waals surface area contributed by atoms with Gasteiger partial charge in [-0.15, -0.1) is 6.42 Å². The highest BCUT2D eigenvalue weighted by atomic mass is 16.5. The number of carbonyl (C=O) groups excluding carboxylic acids is 1. The highest BCUT2D eigenvalue weighted by Gasteiger charge is 2.28. The van der Waals surface area contributed by atoms with Crippen molar-refractivity contribution in [1.82, 2.24) is 0 Å². The monoisotopic (exact) mass is 302 g/mol. The minimum absolute atomic E-state index is 0.145. The smallest absolute Gasteiger partial charge is 0.249 e. The number of carbonyl (C=O) groups is 1. The normalized spacial score (nSPS) is 21.0. The molecule has 0 radical (unpaired) electrons. The summed E-state index contributed by atoms with van der Waals surface area (Å²) in [6.07, 6.45) is 7.11. The van der Waals surface area contributed by atoms with E-state index in [2.05, 4.69) is 11.2 Å². The largest absolute Gasteiger partial charge is 0.494 e. The van der Waals surface area contributed by atoms with Crippen LogP contribution in [0.15, 0.2) is 12.1 Å². The van der Waals surface area contributed by atoms with Gasteiger partial charge in [0.15, 0.2) is 0 Å². The molecule has 1 amide bonds.